The Morgan fingerprint density at radius 2 is 1.56 bits per heavy atom. The van der Waals surface area contributed by atoms with Gasteiger partial charge in [0.15, 0.2) is 12.3 Å². The minimum Gasteiger partial charge on any atom is -0.467 e. The number of nitrogens with zero attached hydrogens (tertiary/aromatic N) is 5. The Hall–Kier alpha value is -4.62. The number of para-hydroxylation sites is 1. The molecule has 4 aliphatic rings. The van der Waals surface area contributed by atoms with Crippen LogP contribution >= 0.6 is 0 Å². The Balaban J connectivity index is 1.17. The number of hydrogen-bond acceptors (Lipinski definition) is 7. The van der Waals surface area contributed by atoms with Crippen molar-refractivity contribution in [2.75, 3.05) is 39.3 Å². The van der Waals surface area contributed by atoms with Gasteiger partial charge in [0.25, 0.3) is 11.8 Å². The molecule has 3 heterocycles. The fraction of sp³-hybridized carbons (Fsp3) is 0.588. The van der Waals surface area contributed by atoms with Crippen molar-refractivity contribution in [2.45, 2.75) is 82.3 Å². The van der Waals surface area contributed by atoms with Gasteiger partial charge in [0.1, 0.15) is 12.1 Å². The van der Waals surface area contributed by atoms with Crippen LogP contribution in [0.1, 0.15) is 74.7 Å². The van der Waals surface area contributed by atoms with Gasteiger partial charge in [0, 0.05) is 44.8 Å². The monoisotopic (exact) mass is 663 g/mol. The number of carbonyl (C=O) groups excluding carboxylic acids is 4. The molecule has 2 aromatic rings. The van der Waals surface area contributed by atoms with E-state index >= 15 is 0 Å². The smallest absolute Gasteiger partial charge is 0.407 e. The molecule has 14 heteroatoms. The number of aromatic nitrogens is 2. The molecule has 2 aliphatic heterocycles. The molecular weight excluding hydrogens is 618 g/mol. The van der Waals surface area contributed by atoms with Gasteiger partial charge < -0.3 is 35.2 Å². The summed E-state index contributed by atoms with van der Waals surface area (Å²) < 4.78 is 7.46. The second-order valence-electron chi connectivity index (χ2n) is 13.2. The minimum atomic E-state index is -1.01. The van der Waals surface area contributed by atoms with Gasteiger partial charge in [-0.05, 0) is 63.0 Å². The highest BCUT2D eigenvalue weighted by atomic mass is 16.5. The zero-order chi connectivity index (χ0) is 33.6. The summed E-state index contributed by atoms with van der Waals surface area (Å²) in [6.07, 6.45) is 7.97. The van der Waals surface area contributed by atoms with Gasteiger partial charge in [-0.1, -0.05) is 37.5 Å². The standard InChI is InChI=1S/C34H45N7O7/c42-28(40-16-8-15-27(40)32(44)35-24-11-7-12-24)22-48-29-21-26(37-41(29)25-13-5-2-6-14-25)31(43)36-30(23-9-3-1-4-10-23)33(45)38-17-19-39(20-18-38)34(46)47/h2,5-6,13-14,21,23-24,27,30H,1,3-4,7-12,15-20,22H2,(H,35,44)(H,36,43)(H,46,47). The van der Waals surface area contributed by atoms with Crippen molar-refractivity contribution in [3.63, 3.8) is 0 Å². The zero-order valence-corrected chi connectivity index (χ0v) is 27.2. The Morgan fingerprint density at radius 1 is 0.854 bits per heavy atom. The van der Waals surface area contributed by atoms with Gasteiger partial charge in [0.2, 0.25) is 17.7 Å². The van der Waals surface area contributed by atoms with E-state index in [1.165, 1.54) is 15.6 Å². The van der Waals surface area contributed by atoms with Crippen molar-refractivity contribution < 1.29 is 33.8 Å². The first kappa shape index (κ1) is 33.3. The van der Waals surface area contributed by atoms with Gasteiger partial charge >= 0.3 is 6.09 Å². The van der Waals surface area contributed by atoms with E-state index in [4.69, 9.17) is 4.74 Å². The molecule has 2 unspecified atom stereocenters. The summed E-state index contributed by atoms with van der Waals surface area (Å²) in [4.78, 5) is 69.7. The third-order valence-electron chi connectivity index (χ3n) is 10.1. The Bertz CT molecular complexity index is 1480. The Morgan fingerprint density at radius 3 is 2.23 bits per heavy atom. The van der Waals surface area contributed by atoms with E-state index in [-0.39, 0.29) is 74.0 Å². The van der Waals surface area contributed by atoms with Gasteiger partial charge in [-0.2, -0.15) is 5.10 Å². The second-order valence-corrected chi connectivity index (χ2v) is 13.2. The number of likely N-dealkylation sites (tertiary alicyclic amines) is 1. The predicted octanol–water partition coefficient (Wildman–Crippen LogP) is 2.41. The maximum absolute atomic E-state index is 13.8. The molecule has 1 aromatic carbocycles. The molecule has 258 valence electrons. The number of ether oxygens (including phenoxy) is 1. The van der Waals surface area contributed by atoms with E-state index in [9.17, 15) is 29.1 Å². The first-order chi connectivity index (χ1) is 23.3. The molecule has 2 saturated carbocycles. The maximum atomic E-state index is 13.8. The highest BCUT2D eigenvalue weighted by molar-refractivity contribution is 5.96. The molecule has 4 fully saturated rings. The summed E-state index contributed by atoms with van der Waals surface area (Å²) in [5.74, 6) is -1.07. The van der Waals surface area contributed by atoms with Gasteiger partial charge in [-0.25, -0.2) is 9.48 Å². The SMILES string of the molecule is O=C(NC(C(=O)N1CCN(C(=O)O)CC1)C1CCCCC1)c1cc(OCC(=O)N2CCCC2C(=O)NC2CCC2)n(-c2ccccc2)n1. The molecule has 2 atom stereocenters. The van der Waals surface area contributed by atoms with Crippen molar-refractivity contribution in [3.05, 3.63) is 42.1 Å². The van der Waals surface area contributed by atoms with Crippen LogP contribution in [0.2, 0.25) is 0 Å². The zero-order valence-electron chi connectivity index (χ0n) is 27.2. The number of amides is 5. The Kier molecular flexibility index (Phi) is 10.5. The predicted molar refractivity (Wildman–Crippen MR) is 174 cm³/mol. The van der Waals surface area contributed by atoms with E-state index in [2.05, 4.69) is 15.7 Å². The molecule has 2 aliphatic carbocycles. The summed E-state index contributed by atoms with van der Waals surface area (Å²) in [6.45, 7) is 1.10. The number of hydrogen-bond donors (Lipinski definition) is 3. The normalized spacial score (nSPS) is 20.9. The fourth-order valence-electron chi connectivity index (χ4n) is 7.12. The second kappa shape index (κ2) is 15.1. The van der Waals surface area contributed by atoms with Crippen molar-refractivity contribution in [2.24, 2.45) is 5.92 Å². The first-order valence-corrected chi connectivity index (χ1v) is 17.2. The number of carboxylic acid groups (broad SMARTS) is 1. The lowest BCUT2D eigenvalue weighted by Gasteiger charge is -2.38. The molecule has 1 aromatic heterocycles. The van der Waals surface area contributed by atoms with Crippen LogP contribution in [0, 0.1) is 5.92 Å². The van der Waals surface area contributed by atoms with E-state index in [0.29, 0.717) is 18.7 Å². The average molecular weight is 664 g/mol. The highest BCUT2D eigenvalue weighted by Gasteiger charge is 2.38. The number of piperazine rings is 1. The van der Waals surface area contributed by atoms with E-state index in [1.807, 2.05) is 18.2 Å². The molecule has 2 saturated heterocycles. The molecule has 6 rings (SSSR count). The van der Waals surface area contributed by atoms with Crippen molar-refractivity contribution >= 4 is 29.7 Å². The van der Waals surface area contributed by atoms with Gasteiger partial charge in [-0.3, -0.25) is 19.2 Å². The van der Waals surface area contributed by atoms with Crippen LogP contribution < -0.4 is 15.4 Å². The fourth-order valence-corrected chi connectivity index (χ4v) is 7.12. The Labute approximate surface area is 279 Å². The summed E-state index contributed by atoms with van der Waals surface area (Å²) in [7, 11) is 0. The van der Waals surface area contributed by atoms with Crippen LogP contribution in [-0.2, 0) is 14.4 Å². The molecule has 14 nitrogen and oxygen atoms in total. The largest absolute Gasteiger partial charge is 0.467 e. The van der Waals surface area contributed by atoms with Crippen LogP contribution in [-0.4, -0.2) is 117 Å². The summed E-state index contributed by atoms with van der Waals surface area (Å²) in [5.41, 5.74) is 0.652. The number of nitrogens with one attached hydrogen (secondary N) is 2. The van der Waals surface area contributed by atoms with Gasteiger partial charge in [-0.15, -0.1) is 0 Å². The van der Waals surface area contributed by atoms with Crippen LogP contribution in [0.15, 0.2) is 36.4 Å². The number of benzene rings is 1. The van der Waals surface area contributed by atoms with Crippen molar-refractivity contribution in [1.29, 1.82) is 0 Å². The van der Waals surface area contributed by atoms with E-state index in [1.54, 1.807) is 21.9 Å². The van der Waals surface area contributed by atoms with Crippen LogP contribution in [0.5, 0.6) is 5.88 Å². The summed E-state index contributed by atoms with van der Waals surface area (Å²) >= 11 is 0. The van der Waals surface area contributed by atoms with Crippen LogP contribution in [0.3, 0.4) is 0 Å². The number of carbonyl (C=O) groups is 5. The molecular formula is C34H45N7O7. The third-order valence-corrected chi connectivity index (χ3v) is 10.1. The summed E-state index contributed by atoms with van der Waals surface area (Å²) in [6, 6.07) is 9.45. The summed E-state index contributed by atoms with van der Waals surface area (Å²) in [5, 5.41) is 19.9. The minimum absolute atomic E-state index is 0.0320. The lowest BCUT2D eigenvalue weighted by Crippen LogP contribution is -2.57. The lowest BCUT2D eigenvalue weighted by molar-refractivity contribution is -0.140. The maximum Gasteiger partial charge on any atom is 0.407 e. The molecule has 0 bridgehead atoms. The molecule has 5 amide bonds. The van der Waals surface area contributed by atoms with Crippen LogP contribution in [0.4, 0.5) is 4.79 Å². The molecule has 3 N–H and O–H groups in total. The third kappa shape index (κ3) is 7.57. The molecule has 0 spiro atoms. The molecule has 48 heavy (non-hydrogen) atoms. The highest BCUT2D eigenvalue weighted by Crippen LogP contribution is 2.29. The van der Waals surface area contributed by atoms with Crippen molar-refractivity contribution in [3.8, 4) is 11.6 Å². The topological polar surface area (TPSA) is 166 Å². The number of rotatable bonds is 10. The van der Waals surface area contributed by atoms with Crippen LogP contribution in [0.25, 0.3) is 5.69 Å². The van der Waals surface area contributed by atoms with E-state index in [0.717, 1.165) is 57.8 Å². The average Bonchev–Trinajstić information content (AvgIpc) is 3.77. The van der Waals surface area contributed by atoms with E-state index < -0.39 is 24.1 Å². The van der Waals surface area contributed by atoms with Gasteiger partial charge in [0.05, 0.1) is 5.69 Å². The first-order valence-electron chi connectivity index (χ1n) is 17.2. The lowest BCUT2D eigenvalue weighted by atomic mass is 9.83. The molecule has 0 radical (unpaired) electrons. The van der Waals surface area contributed by atoms with Crippen molar-refractivity contribution in [1.82, 2.24) is 35.1 Å². The quantitative estimate of drug-likeness (QED) is 0.349.